The van der Waals surface area contributed by atoms with E-state index in [1.54, 1.807) is 48.5 Å². The number of carbonyl (C=O) groups is 4. The lowest BCUT2D eigenvalue weighted by molar-refractivity contribution is -0.147. The van der Waals surface area contributed by atoms with Gasteiger partial charge in [0, 0.05) is 39.8 Å². The molecule has 4 aromatic carbocycles. The summed E-state index contributed by atoms with van der Waals surface area (Å²) in [6, 6.07) is 25.6. The van der Waals surface area contributed by atoms with Gasteiger partial charge in [-0.05, 0) is 95.1 Å². The summed E-state index contributed by atoms with van der Waals surface area (Å²) in [4.78, 5) is 45.6. The van der Waals surface area contributed by atoms with Crippen LogP contribution in [0.25, 0.3) is 11.1 Å². The monoisotopic (exact) mass is 682 g/mol. The van der Waals surface area contributed by atoms with Crippen molar-refractivity contribution in [1.29, 1.82) is 0 Å². The van der Waals surface area contributed by atoms with E-state index >= 15 is 0 Å². The van der Waals surface area contributed by atoms with Crippen LogP contribution >= 0.6 is 0 Å². The van der Waals surface area contributed by atoms with Crippen LogP contribution in [0.2, 0.25) is 0 Å². The Morgan fingerprint density at radius 2 is 0.902 bits per heavy atom. The Balaban J connectivity index is 1.21. The van der Waals surface area contributed by atoms with E-state index in [9.17, 15) is 19.2 Å². The number of benzene rings is 4. The zero-order valence-electron chi connectivity index (χ0n) is 27.6. The van der Waals surface area contributed by atoms with Crippen LogP contribution in [0.4, 0.5) is 9.59 Å². The van der Waals surface area contributed by atoms with Gasteiger partial charge in [-0.3, -0.25) is 0 Å². The molecule has 0 fully saturated rings. The quantitative estimate of drug-likeness (QED) is 0.0620. The highest BCUT2D eigenvalue weighted by atomic mass is 16.8. The lowest BCUT2D eigenvalue weighted by Crippen LogP contribution is -2.15. The van der Waals surface area contributed by atoms with Crippen molar-refractivity contribution in [3.63, 3.8) is 0 Å². The Bertz CT molecular complexity index is 1980. The molecule has 0 aliphatic heterocycles. The Kier molecular flexibility index (Phi) is 11.0. The highest BCUT2D eigenvalue weighted by Gasteiger charge is 2.35. The second kappa shape index (κ2) is 15.9. The van der Waals surface area contributed by atoms with Crippen LogP contribution < -0.4 is 9.47 Å². The van der Waals surface area contributed by atoms with Crippen molar-refractivity contribution >= 4 is 24.2 Å². The molecule has 254 valence electrons. The van der Waals surface area contributed by atoms with Gasteiger partial charge in [0.25, 0.3) is 0 Å². The van der Waals surface area contributed by atoms with E-state index in [1.807, 2.05) is 12.1 Å². The van der Waals surface area contributed by atoms with E-state index in [2.05, 4.69) is 93.9 Å². The highest BCUT2D eigenvalue weighted by Crippen LogP contribution is 2.49. The number of carbonyl (C=O) groups excluding carboxylic acids is 4. The van der Waals surface area contributed by atoms with Gasteiger partial charge in [0.2, 0.25) is 13.6 Å². The average molecular weight is 683 g/mol. The van der Waals surface area contributed by atoms with E-state index < -0.39 is 37.8 Å². The first-order chi connectivity index (χ1) is 24.5. The van der Waals surface area contributed by atoms with Crippen LogP contribution in [0.1, 0.15) is 47.2 Å². The SMILES string of the molecule is C=CC(=O)OCOC(=O)Oc1ccc(C#Cc2ccc3c(c2)C(C)(C)c2cc(C#Cc4ccc(OC(=O)OCOC(=O)C=C)cc4)ccc2-3)cc1. The van der Waals surface area contributed by atoms with E-state index in [0.717, 1.165) is 56.7 Å². The molecule has 5 rings (SSSR count). The molecule has 0 bridgehead atoms. The lowest BCUT2D eigenvalue weighted by Gasteiger charge is -2.21. The van der Waals surface area contributed by atoms with Gasteiger partial charge >= 0.3 is 24.2 Å². The third kappa shape index (κ3) is 9.11. The van der Waals surface area contributed by atoms with Gasteiger partial charge in [-0.1, -0.05) is 62.8 Å². The summed E-state index contributed by atoms with van der Waals surface area (Å²) in [5.41, 5.74) is 7.43. The zero-order valence-corrected chi connectivity index (χ0v) is 27.6. The molecule has 10 heteroatoms. The highest BCUT2D eigenvalue weighted by molar-refractivity contribution is 5.83. The zero-order chi connectivity index (χ0) is 36.4. The maximum Gasteiger partial charge on any atom is 0.516 e. The van der Waals surface area contributed by atoms with Crippen LogP contribution in [0.15, 0.2) is 110 Å². The van der Waals surface area contributed by atoms with Gasteiger partial charge in [0.05, 0.1) is 0 Å². The maximum atomic E-state index is 11.8. The predicted octanol–water partition coefficient (Wildman–Crippen LogP) is 7.20. The van der Waals surface area contributed by atoms with Gasteiger partial charge in [0.15, 0.2) is 0 Å². The van der Waals surface area contributed by atoms with Crippen molar-refractivity contribution in [2.75, 3.05) is 13.6 Å². The number of esters is 2. The number of hydrogen-bond donors (Lipinski definition) is 0. The Hall–Kier alpha value is -7.04. The number of ether oxygens (including phenoxy) is 6. The smallest absolute Gasteiger partial charge is 0.425 e. The number of rotatable bonds is 8. The number of hydrogen-bond acceptors (Lipinski definition) is 10. The molecule has 0 atom stereocenters. The van der Waals surface area contributed by atoms with Crippen LogP contribution in [-0.4, -0.2) is 37.8 Å². The van der Waals surface area contributed by atoms with Crippen molar-refractivity contribution in [3.05, 3.63) is 144 Å². The van der Waals surface area contributed by atoms with E-state index in [1.165, 1.54) is 0 Å². The molecule has 0 unspecified atom stereocenters. The van der Waals surface area contributed by atoms with Gasteiger partial charge < -0.3 is 28.4 Å². The summed E-state index contributed by atoms with van der Waals surface area (Å²) < 4.78 is 28.7. The minimum absolute atomic E-state index is 0.247. The number of fused-ring (bicyclic) bond motifs is 3. The molecule has 1 aliphatic carbocycles. The minimum Gasteiger partial charge on any atom is -0.425 e. The van der Waals surface area contributed by atoms with E-state index in [-0.39, 0.29) is 16.9 Å². The fourth-order valence-electron chi connectivity index (χ4n) is 5.03. The first kappa shape index (κ1) is 35.3. The van der Waals surface area contributed by atoms with Crippen LogP contribution in [-0.2, 0) is 34.0 Å². The lowest BCUT2D eigenvalue weighted by atomic mass is 9.81. The van der Waals surface area contributed by atoms with Crippen LogP contribution in [0, 0.1) is 23.7 Å². The van der Waals surface area contributed by atoms with Crippen molar-refractivity contribution in [3.8, 4) is 46.3 Å². The van der Waals surface area contributed by atoms with Gasteiger partial charge in [-0.2, -0.15) is 0 Å². The van der Waals surface area contributed by atoms with Crippen LogP contribution in [0.3, 0.4) is 0 Å². The second-order valence-electron chi connectivity index (χ2n) is 11.3. The summed E-state index contributed by atoms with van der Waals surface area (Å²) in [6.07, 6.45) is -0.123. The predicted molar refractivity (Wildman–Crippen MR) is 185 cm³/mol. The molecule has 1 aliphatic rings. The maximum absolute atomic E-state index is 11.8. The molecule has 0 spiro atoms. The van der Waals surface area contributed by atoms with Crippen molar-refractivity contribution < 1.29 is 47.6 Å². The van der Waals surface area contributed by atoms with Gasteiger partial charge in [0.1, 0.15) is 11.5 Å². The third-order valence-corrected chi connectivity index (χ3v) is 7.58. The second-order valence-corrected chi connectivity index (χ2v) is 11.3. The molecular weight excluding hydrogens is 652 g/mol. The topological polar surface area (TPSA) is 124 Å². The molecule has 0 saturated heterocycles. The molecule has 0 saturated carbocycles. The van der Waals surface area contributed by atoms with Crippen LogP contribution in [0.5, 0.6) is 11.5 Å². The molecule has 0 heterocycles. The summed E-state index contributed by atoms with van der Waals surface area (Å²) in [5.74, 6) is 11.8. The first-order valence-corrected chi connectivity index (χ1v) is 15.4. The molecule has 10 nitrogen and oxygen atoms in total. The largest absolute Gasteiger partial charge is 0.516 e. The van der Waals surface area contributed by atoms with Crippen molar-refractivity contribution in [2.24, 2.45) is 0 Å². The summed E-state index contributed by atoms with van der Waals surface area (Å²) in [7, 11) is 0. The summed E-state index contributed by atoms with van der Waals surface area (Å²) in [6.45, 7) is 9.68. The Morgan fingerprint density at radius 3 is 1.27 bits per heavy atom. The molecule has 0 aromatic heterocycles. The normalized spacial score (nSPS) is 11.4. The first-order valence-electron chi connectivity index (χ1n) is 15.4. The molecule has 51 heavy (non-hydrogen) atoms. The third-order valence-electron chi connectivity index (χ3n) is 7.58. The minimum atomic E-state index is -1.01. The van der Waals surface area contributed by atoms with Crippen molar-refractivity contribution in [2.45, 2.75) is 19.3 Å². The fraction of sp³-hybridized carbons (Fsp3) is 0.122. The van der Waals surface area contributed by atoms with Gasteiger partial charge in [-0.15, -0.1) is 0 Å². The van der Waals surface area contributed by atoms with Gasteiger partial charge in [-0.25, -0.2) is 19.2 Å². The standard InChI is InChI=1S/C41H30O10/c1-5-37(42)46-25-48-39(44)50-31-17-11-27(12-18-31)7-9-29-15-21-33-34-22-16-30(24-36(34)41(3,4)35(33)23-29)10-8-28-13-19-32(20-14-28)51-40(45)49-26-47-38(43)6-2/h5-6,11-24H,1-2,25-26H2,3-4H3. The van der Waals surface area contributed by atoms with Crippen molar-refractivity contribution in [1.82, 2.24) is 0 Å². The molecule has 0 radical (unpaired) electrons. The Morgan fingerprint density at radius 1 is 0.549 bits per heavy atom. The van der Waals surface area contributed by atoms with E-state index in [4.69, 9.17) is 9.47 Å². The molecule has 4 aromatic rings. The fourth-order valence-corrected chi connectivity index (χ4v) is 5.03. The molecule has 0 N–H and O–H groups in total. The summed E-state index contributed by atoms with van der Waals surface area (Å²) >= 11 is 0. The molecular formula is C41H30O10. The van der Waals surface area contributed by atoms with E-state index in [0.29, 0.717) is 0 Å². The average Bonchev–Trinajstić information content (AvgIpc) is 3.35. The summed E-state index contributed by atoms with van der Waals surface area (Å²) in [5, 5.41) is 0. The Labute approximate surface area is 294 Å². The molecule has 0 amide bonds.